The Bertz CT molecular complexity index is 588. The normalized spacial score (nSPS) is 10.6. The van der Waals surface area contributed by atoms with Gasteiger partial charge in [-0.3, -0.25) is 0 Å². The lowest BCUT2D eigenvalue weighted by Crippen LogP contribution is -2.20. The van der Waals surface area contributed by atoms with E-state index in [0.29, 0.717) is 0 Å². The van der Waals surface area contributed by atoms with Gasteiger partial charge in [-0.15, -0.1) is 0 Å². The van der Waals surface area contributed by atoms with Crippen molar-refractivity contribution in [3.8, 4) is 6.07 Å². The predicted molar refractivity (Wildman–Crippen MR) is 54.6 cm³/mol. The number of carbonyl (C=O) groups excluding carboxylic acids is 1. The number of carbonyl (C=O) groups is 1. The van der Waals surface area contributed by atoms with Crippen molar-refractivity contribution in [2.24, 2.45) is 0 Å². The van der Waals surface area contributed by atoms with Gasteiger partial charge in [0.15, 0.2) is 0 Å². The zero-order valence-corrected chi connectivity index (χ0v) is 9.48. The van der Waals surface area contributed by atoms with Gasteiger partial charge in [-0.25, -0.2) is 13.2 Å². The molecule has 8 heteroatoms. The van der Waals surface area contributed by atoms with Crippen LogP contribution in [-0.4, -0.2) is 26.7 Å². The number of nitriles is 1. The van der Waals surface area contributed by atoms with Crippen molar-refractivity contribution in [2.45, 2.75) is 4.90 Å². The van der Waals surface area contributed by atoms with Gasteiger partial charge in [0.25, 0.3) is 10.0 Å². The number of rotatable bonds is 3. The summed E-state index contributed by atoms with van der Waals surface area (Å²) in [5.74, 6) is -0.781. The molecule has 0 aromatic heterocycles. The van der Waals surface area contributed by atoms with Crippen LogP contribution < -0.4 is 4.89 Å². The van der Waals surface area contributed by atoms with E-state index in [1.54, 1.807) is 6.07 Å². The molecule has 0 atom stereocenters. The minimum Gasteiger partial charge on any atom is -0.465 e. The lowest BCUT2D eigenvalue weighted by Gasteiger charge is -2.05. The summed E-state index contributed by atoms with van der Waals surface area (Å²) < 4.78 is 27.0. The summed E-state index contributed by atoms with van der Waals surface area (Å²) in [5.41, 5.74) is -0.137. The molecular weight excluding hydrogens is 248 g/mol. The molecule has 7 nitrogen and oxygen atoms in total. The van der Waals surface area contributed by atoms with Crippen LogP contribution in [0.4, 0.5) is 0 Å². The SMILES string of the molecule is COC(=O)c1cc(C#N)cc(S(=O)(=O)NO)c1. The van der Waals surface area contributed by atoms with Crippen LogP contribution in [0.5, 0.6) is 0 Å². The monoisotopic (exact) mass is 256 g/mol. The van der Waals surface area contributed by atoms with Crippen molar-refractivity contribution >= 4 is 16.0 Å². The van der Waals surface area contributed by atoms with E-state index in [0.717, 1.165) is 24.1 Å². The highest BCUT2D eigenvalue weighted by atomic mass is 32.2. The van der Waals surface area contributed by atoms with Gasteiger partial charge >= 0.3 is 5.97 Å². The standard InChI is InChI=1S/C9H8N2O5S/c1-16-9(12)7-2-6(5-10)3-8(4-7)17(14,15)11-13/h2-4,11,13H,1H3. The van der Waals surface area contributed by atoms with Crippen LogP contribution in [0.15, 0.2) is 23.1 Å². The Morgan fingerprint density at radius 1 is 1.47 bits per heavy atom. The molecule has 0 saturated carbocycles. The first-order valence-corrected chi connectivity index (χ1v) is 5.72. The second-order valence-corrected chi connectivity index (χ2v) is 4.61. The largest absolute Gasteiger partial charge is 0.465 e. The minimum absolute atomic E-state index is 0.0401. The third-order valence-corrected chi connectivity index (χ3v) is 2.98. The molecule has 0 amide bonds. The molecule has 2 N–H and O–H groups in total. The topological polar surface area (TPSA) is 116 Å². The number of hydrogen-bond acceptors (Lipinski definition) is 6. The molecule has 1 rings (SSSR count). The van der Waals surface area contributed by atoms with Crippen LogP contribution in [0.3, 0.4) is 0 Å². The number of benzene rings is 1. The molecule has 0 aliphatic carbocycles. The highest BCUT2D eigenvalue weighted by Crippen LogP contribution is 2.15. The van der Waals surface area contributed by atoms with Gasteiger partial charge in [0.1, 0.15) is 0 Å². The number of ether oxygens (including phenoxy) is 1. The van der Waals surface area contributed by atoms with Crippen molar-refractivity contribution in [3.05, 3.63) is 29.3 Å². The Labute approximate surface area is 97.3 Å². The lowest BCUT2D eigenvalue weighted by molar-refractivity contribution is 0.0600. The van der Waals surface area contributed by atoms with Crippen molar-refractivity contribution in [1.82, 2.24) is 4.89 Å². The maximum absolute atomic E-state index is 11.3. The van der Waals surface area contributed by atoms with Crippen LogP contribution in [0, 0.1) is 11.3 Å². The Hall–Kier alpha value is -1.95. The Morgan fingerprint density at radius 2 is 2.12 bits per heavy atom. The van der Waals surface area contributed by atoms with Gasteiger partial charge in [0.2, 0.25) is 0 Å². The fourth-order valence-electron chi connectivity index (χ4n) is 1.11. The molecule has 0 fully saturated rings. The van der Waals surface area contributed by atoms with Gasteiger partial charge < -0.3 is 9.94 Å². The van der Waals surface area contributed by atoms with E-state index in [4.69, 9.17) is 10.5 Å². The highest BCUT2D eigenvalue weighted by Gasteiger charge is 2.17. The zero-order chi connectivity index (χ0) is 13.1. The molecule has 0 radical (unpaired) electrons. The van der Waals surface area contributed by atoms with Crippen LogP contribution in [0.1, 0.15) is 15.9 Å². The molecule has 1 aromatic carbocycles. The molecular formula is C9H8N2O5S. The van der Waals surface area contributed by atoms with E-state index in [1.165, 1.54) is 6.07 Å². The maximum Gasteiger partial charge on any atom is 0.337 e. The summed E-state index contributed by atoms with van der Waals surface area (Å²) in [6.07, 6.45) is 0. The Balaban J connectivity index is 3.45. The predicted octanol–water partition coefficient (Wildman–Crippen LogP) is 0.0124. The van der Waals surface area contributed by atoms with E-state index in [1.807, 2.05) is 0 Å². The molecule has 0 saturated heterocycles. The molecule has 1 aromatic rings. The highest BCUT2D eigenvalue weighted by molar-refractivity contribution is 7.89. The van der Waals surface area contributed by atoms with Crippen molar-refractivity contribution in [1.29, 1.82) is 5.26 Å². The van der Waals surface area contributed by atoms with E-state index in [9.17, 15) is 13.2 Å². The van der Waals surface area contributed by atoms with E-state index >= 15 is 0 Å². The summed E-state index contributed by atoms with van der Waals surface area (Å²) in [6, 6.07) is 4.89. The number of methoxy groups -OCH3 is 1. The van der Waals surface area contributed by atoms with E-state index in [-0.39, 0.29) is 11.1 Å². The van der Waals surface area contributed by atoms with Gasteiger partial charge in [-0.2, -0.15) is 5.26 Å². The molecule has 0 unspecified atom stereocenters. The van der Waals surface area contributed by atoms with Crippen molar-refractivity contribution in [2.75, 3.05) is 7.11 Å². The number of sulfonamides is 1. The third-order valence-electron chi connectivity index (χ3n) is 1.89. The number of esters is 1. The number of nitrogens with zero attached hydrogens (tertiary/aromatic N) is 1. The minimum atomic E-state index is -4.15. The summed E-state index contributed by atoms with van der Waals surface area (Å²) in [6.45, 7) is 0. The Kier molecular flexibility index (Phi) is 3.80. The molecule has 0 bridgehead atoms. The molecule has 0 heterocycles. The van der Waals surface area contributed by atoms with E-state index in [2.05, 4.69) is 4.74 Å². The maximum atomic E-state index is 11.3. The molecule has 90 valence electrons. The first-order valence-electron chi connectivity index (χ1n) is 4.24. The molecule has 0 aliphatic rings. The molecule has 0 aliphatic heterocycles. The summed E-state index contributed by atoms with van der Waals surface area (Å²) in [5, 5.41) is 17.2. The van der Waals surface area contributed by atoms with Crippen molar-refractivity contribution < 1.29 is 23.2 Å². The average molecular weight is 256 g/mol. The van der Waals surface area contributed by atoms with Gasteiger partial charge in [-0.05, 0) is 18.2 Å². The third kappa shape index (κ3) is 2.79. The molecule has 0 spiro atoms. The van der Waals surface area contributed by atoms with Crippen LogP contribution in [0.25, 0.3) is 0 Å². The fourth-order valence-corrected chi connectivity index (χ4v) is 1.78. The van der Waals surface area contributed by atoms with Crippen LogP contribution >= 0.6 is 0 Å². The van der Waals surface area contributed by atoms with Gasteiger partial charge in [0.05, 0.1) is 29.2 Å². The number of nitrogens with one attached hydrogen (secondary N) is 1. The lowest BCUT2D eigenvalue weighted by atomic mass is 10.1. The average Bonchev–Trinajstić information content (AvgIpc) is 2.37. The smallest absolute Gasteiger partial charge is 0.337 e. The second kappa shape index (κ2) is 4.92. The Morgan fingerprint density at radius 3 is 2.59 bits per heavy atom. The van der Waals surface area contributed by atoms with Gasteiger partial charge in [0, 0.05) is 0 Å². The van der Waals surface area contributed by atoms with Crippen molar-refractivity contribution in [3.63, 3.8) is 0 Å². The molecule has 17 heavy (non-hydrogen) atoms. The first kappa shape index (κ1) is 13.1. The summed E-state index contributed by atoms with van der Waals surface area (Å²) in [4.78, 5) is 11.9. The summed E-state index contributed by atoms with van der Waals surface area (Å²) >= 11 is 0. The van der Waals surface area contributed by atoms with Crippen LogP contribution in [0.2, 0.25) is 0 Å². The van der Waals surface area contributed by atoms with E-state index < -0.39 is 20.9 Å². The van der Waals surface area contributed by atoms with Gasteiger partial charge in [-0.1, -0.05) is 4.89 Å². The second-order valence-electron chi connectivity index (χ2n) is 2.94. The summed E-state index contributed by atoms with van der Waals surface area (Å²) in [7, 11) is -3.02. The first-order chi connectivity index (χ1) is 7.94. The number of hydrogen-bond donors (Lipinski definition) is 2. The zero-order valence-electron chi connectivity index (χ0n) is 8.67. The van der Waals surface area contributed by atoms with Crippen LogP contribution in [-0.2, 0) is 14.8 Å². The fraction of sp³-hybridized carbons (Fsp3) is 0.111. The quantitative estimate of drug-likeness (QED) is 0.581.